The summed E-state index contributed by atoms with van der Waals surface area (Å²) < 4.78 is 35.8. The Labute approximate surface area is 170 Å². The third-order valence-electron chi connectivity index (χ3n) is 4.61. The molecule has 0 saturated carbocycles. The van der Waals surface area contributed by atoms with Gasteiger partial charge >= 0.3 is 0 Å². The molecular weight excluding hydrogens is 392 g/mol. The van der Waals surface area contributed by atoms with Gasteiger partial charge in [-0.2, -0.15) is 5.10 Å². The number of para-hydroxylation sites is 1. The second-order valence-corrected chi connectivity index (χ2v) is 6.55. The Hall–Kier alpha value is -3.95. The number of nitrogen functional groups attached to an aromatic ring is 3. The number of aromatic nitrogens is 4. The number of halogens is 2. The molecule has 0 amide bonds. The van der Waals surface area contributed by atoms with Crippen LogP contribution in [-0.4, -0.2) is 26.4 Å². The number of nitrogens with zero attached hydrogens (tertiary/aromatic N) is 4. The lowest BCUT2D eigenvalue weighted by molar-refractivity contribution is 0.335. The molecule has 0 aliphatic heterocycles. The van der Waals surface area contributed by atoms with E-state index in [1.165, 1.54) is 4.68 Å². The molecule has 0 aliphatic carbocycles. The first-order chi connectivity index (χ1) is 14.4. The van der Waals surface area contributed by atoms with Crippen molar-refractivity contribution in [3.8, 4) is 17.3 Å². The fourth-order valence-corrected chi connectivity index (χ4v) is 3.15. The van der Waals surface area contributed by atoms with E-state index in [9.17, 15) is 8.78 Å². The van der Waals surface area contributed by atoms with Crippen LogP contribution < -0.4 is 21.9 Å². The molecule has 0 bridgehead atoms. The maximum atomic E-state index is 14.6. The van der Waals surface area contributed by atoms with E-state index >= 15 is 0 Å². The van der Waals surface area contributed by atoms with Crippen molar-refractivity contribution in [1.29, 1.82) is 0 Å². The number of hydrogen-bond donors (Lipinski definition) is 3. The smallest absolute Gasteiger partial charge is 0.184 e. The summed E-state index contributed by atoms with van der Waals surface area (Å²) in [5, 5.41) is 5.16. The molecule has 4 rings (SSSR count). The Morgan fingerprint density at radius 1 is 1.00 bits per heavy atom. The summed E-state index contributed by atoms with van der Waals surface area (Å²) in [6, 6.07) is 9.48. The van der Waals surface area contributed by atoms with Crippen LogP contribution in [0, 0.1) is 11.6 Å². The molecule has 0 radical (unpaired) electrons. The molecule has 0 saturated heterocycles. The second-order valence-electron chi connectivity index (χ2n) is 6.55. The van der Waals surface area contributed by atoms with Gasteiger partial charge in [0.25, 0.3) is 0 Å². The highest BCUT2D eigenvalue weighted by molar-refractivity contribution is 5.92. The molecule has 2 aromatic carbocycles. The average Bonchev–Trinajstić information content (AvgIpc) is 3.07. The van der Waals surface area contributed by atoms with Crippen LogP contribution >= 0.6 is 0 Å². The van der Waals surface area contributed by atoms with Crippen molar-refractivity contribution in [2.24, 2.45) is 0 Å². The van der Waals surface area contributed by atoms with Gasteiger partial charge in [0.05, 0.1) is 18.7 Å². The molecule has 0 aliphatic rings. The number of hydrogen-bond acceptors (Lipinski definition) is 7. The zero-order valence-electron chi connectivity index (χ0n) is 16.1. The van der Waals surface area contributed by atoms with Crippen molar-refractivity contribution in [2.75, 3.05) is 23.8 Å². The molecule has 0 unspecified atom stereocenters. The number of fused-ring (bicyclic) bond motifs is 1. The molecule has 2 heterocycles. The average molecular weight is 411 g/mol. The van der Waals surface area contributed by atoms with Crippen LogP contribution in [-0.2, 0) is 6.54 Å². The molecule has 0 fully saturated rings. The van der Waals surface area contributed by atoms with E-state index < -0.39 is 11.6 Å². The number of nitrogens with two attached hydrogens (primary N) is 3. The summed E-state index contributed by atoms with van der Waals surface area (Å²) in [6.45, 7) is 1.89. The van der Waals surface area contributed by atoms with E-state index in [0.29, 0.717) is 23.2 Å². The third kappa shape index (κ3) is 3.32. The molecule has 0 atom stereocenters. The summed E-state index contributed by atoms with van der Waals surface area (Å²) >= 11 is 0. The third-order valence-corrected chi connectivity index (χ3v) is 4.61. The van der Waals surface area contributed by atoms with Gasteiger partial charge in [0.1, 0.15) is 28.8 Å². The van der Waals surface area contributed by atoms with Gasteiger partial charge in [-0.05, 0) is 13.0 Å². The first-order valence-corrected chi connectivity index (χ1v) is 9.14. The van der Waals surface area contributed by atoms with E-state index in [2.05, 4.69) is 15.1 Å². The zero-order chi connectivity index (χ0) is 21.4. The number of ether oxygens (including phenoxy) is 1. The lowest BCUT2D eigenvalue weighted by Crippen LogP contribution is -2.08. The SMILES string of the molecule is CCOc1cc(F)c(Cn2nc(-c3nc(N)c(N)c(N)n3)c3ccccc32)c(F)c1. The van der Waals surface area contributed by atoms with Crippen molar-refractivity contribution in [3.63, 3.8) is 0 Å². The van der Waals surface area contributed by atoms with Gasteiger partial charge in [0, 0.05) is 23.1 Å². The van der Waals surface area contributed by atoms with E-state index in [4.69, 9.17) is 21.9 Å². The van der Waals surface area contributed by atoms with Crippen molar-refractivity contribution < 1.29 is 13.5 Å². The van der Waals surface area contributed by atoms with Crippen LogP contribution in [0.15, 0.2) is 36.4 Å². The normalized spacial score (nSPS) is 11.2. The number of rotatable bonds is 5. The summed E-state index contributed by atoms with van der Waals surface area (Å²) in [5.74, 6) is -1.10. The van der Waals surface area contributed by atoms with Gasteiger partial charge in [-0.25, -0.2) is 18.7 Å². The summed E-state index contributed by atoms with van der Waals surface area (Å²) in [6.07, 6.45) is 0. The molecular formula is C20H19F2N7O. The van der Waals surface area contributed by atoms with E-state index in [1.807, 2.05) is 0 Å². The molecule has 4 aromatic rings. The van der Waals surface area contributed by atoms with Gasteiger partial charge in [0.15, 0.2) is 17.5 Å². The summed E-state index contributed by atoms with van der Waals surface area (Å²) in [7, 11) is 0. The van der Waals surface area contributed by atoms with Crippen molar-refractivity contribution in [2.45, 2.75) is 13.5 Å². The Morgan fingerprint density at radius 3 is 2.27 bits per heavy atom. The standard InChI is InChI=1S/C20H19F2N7O/c1-2-30-10-7-13(21)12(14(22)8-10)9-29-15-6-4-3-5-11(15)17(28-29)20-26-18(24)16(23)19(25)27-20/h3-8H,2,9,23H2,1H3,(H4,24,25,26,27). The molecule has 10 heteroatoms. The minimum Gasteiger partial charge on any atom is -0.494 e. The van der Waals surface area contributed by atoms with E-state index in [0.717, 1.165) is 12.1 Å². The van der Waals surface area contributed by atoms with Crippen molar-refractivity contribution >= 4 is 28.2 Å². The van der Waals surface area contributed by atoms with Gasteiger partial charge in [-0.15, -0.1) is 0 Å². The predicted octanol–water partition coefficient (Wildman–Crippen LogP) is 2.97. The van der Waals surface area contributed by atoms with Crippen LogP contribution in [0.5, 0.6) is 5.75 Å². The van der Waals surface area contributed by atoms with E-state index in [-0.39, 0.29) is 41.0 Å². The molecule has 154 valence electrons. The van der Waals surface area contributed by atoms with Crippen LogP contribution in [0.4, 0.5) is 26.1 Å². The molecule has 2 aromatic heterocycles. The maximum Gasteiger partial charge on any atom is 0.184 e. The highest BCUT2D eigenvalue weighted by atomic mass is 19.1. The highest BCUT2D eigenvalue weighted by Crippen LogP contribution is 2.30. The quantitative estimate of drug-likeness (QED) is 0.460. The monoisotopic (exact) mass is 411 g/mol. The van der Waals surface area contributed by atoms with Gasteiger partial charge in [-0.3, -0.25) is 4.68 Å². The predicted molar refractivity (Wildman–Crippen MR) is 111 cm³/mol. The Kier molecular flexibility index (Phi) is 4.82. The molecule has 8 nitrogen and oxygen atoms in total. The first-order valence-electron chi connectivity index (χ1n) is 9.14. The lowest BCUT2D eigenvalue weighted by atomic mass is 10.1. The largest absolute Gasteiger partial charge is 0.494 e. The highest BCUT2D eigenvalue weighted by Gasteiger charge is 2.19. The van der Waals surface area contributed by atoms with Crippen LogP contribution in [0.3, 0.4) is 0 Å². The minimum atomic E-state index is -0.725. The number of anilines is 3. The first kappa shape index (κ1) is 19.4. The van der Waals surface area contributed by atoms with Gasteiger partial charge < -0.3 is 21.9 Å². The van der Waals surface area contributed by atoms with E-state index in [1.54, 1.807) is 31.2 Å². The van der Waals surface area contributed by atoms with Crippen LogP contribution in [0.2, 0.25) is 0 Å². The second kappa shape index (κ2) is 7.47. The summed E-state index contributed by atoms with van der Waals surface area (Å²) in [5.41, 5.74) is 18.3. The van der Waals surface area contributed by atoms with Crippen molar-refractivity contribution in [1.82, 2.24) is 19.7 Å². The summed E-state index contributed by atoms with van der Waals surface area (Å²) in [4.78, 5) is 8.33. The van der Waals surface area contributed by atoms with Gasteiger partial charge in [-0.1, -0.05) is 18.2 Å². The Bertz CT molecular complexity index is 1210. The Morgan fingerprint density at radius 2 is 1.63 bits per heavy atom. The molecule has 30 heavy (non-hydrogen) atoms. The van der Waals surface area contributed by atoms with Crippen LogP contribution in [0.1, 0.15) is 12.5 Å². The fraction of sp³-hybridized carbons (Fsp3) is 0.150. The zero-order valence-corrected chi connectivity index (χ0v) is 16.1. The lowest BCUT2D eigenvalue weighted by Gasteiger charge is -2.09. The number of benzene rings is 2. The van der Waals surface area contributed by atoms with Crippen LogP contribution in [0.25, 0.3) is 22.4 Å². The fourth-order valence-electron chi connectivity index (χ4n) is 3.15. The molecule has 6 N–H and O–H groups in total. The maximum absolute atomic E-state index is 14.6. The Balaban J connectivity index is 1.83. The molecule has 0 spiro atoms. The minimum absolute atomic E-state index is 0.0275. The topological polar surface area (TPSA) is 131 Å². The van der Waals surface area contributed by atoms with Crippen molar-refractivity contribution in [3.05, 3.63) is 53.6 Å². The van der Waals surface area contributed by atoms with Gasteiger partial charge in [0.2, 0.25) is 0 Å².